The number of nitrogens with two attached hydrogens (primary N) is 1. The van der Waals surface area contributed by atoms with E-state index in [9.17, 15) is 22.7 Å². The molecule has 0 radical (unpaired) electrons. The van der Waals surface area contributed by atoms with E-state index < -0.39 is 29.3 Å². The minimum absolute atomic E-state index is 0.0408. The van der Waals surface area contributed by atoms with Crippen LogP contribution in [0.4, 0.5) is 29.2 Å². The highest BCUT2D eigenvalue weighted by atomic mass is 19.4. The molecule has 1 saturated heterocycles. The number of hydrogen-bond donors (Lipinski definition) is 3. The van der Waals surface area contributed by atoms with Crippen molar-refractivity contribution >= 4 is 22.4 Å². The molecule has 0 amide bonds. The van der Waals surface area contributed by atoms with Crippen molar-refractivity contribution in [2.24, 2.45) is 5.73 Å². The van der Waals surface area contributed by atoms with Gasteiger partial charge in [-0.2, -0.15) is 18.3 Å². The first-order valence-corrected chi connectivity index (χ1v) is 9.85. The number of nitrogens with zero attached hydrogens (tertiary/aromatic N) is 4. The second kappa shape index (κ2) is 7.52. The van der Waals surface area contributed by atoms with Crippen LogP contribution in [-0.4, -0.2) is 39.0 Å². The van der Waals surface area contributed by atoms with Crippen molar-refractivity contribution in [2.45, 2.75) is 38.7 Å². The highest BCUT2D eigenvalue weighted by Gasteiger charge is 2.37. The Labute approximate surface area is 181 Å². The minimum atomic E-state index is -4.71. The average Bonchev–Trinajstić information content (AvgIpc) is 2.68. The van der Waals surface area contributed by atoms with Crippen LogP contribution in [0.15, 0.2) is 24.4 Å². The van der Waals surface area contributed by atoms with E-state index >= 15 is 0 Å². The predicted octanol–water partition coefficient (Wildman–Crippen LogP) is 3.44. The molecule has 0 aliphatic carbocycles. The van der Waals surface area contributed by atoms with Gasteiger partial charge in [-0.3, -0.25) is 0 Å². The third-order valence-electron chi connectivity index (χ3n) is 5.57. The monoisotopic (exact) mass is 450 g/mol. The number of alkyl halides is 3. The number of hydrogen-bond acceptors (Lipinski definition) is 7. The van der Waals surface area contributed by atoms with Crippen LogP contribution in [0.1, 0.15) is 35.5 Å². The lowest BCUT2D eigenvalue weighted by molar-refractivity contribution is -0.138. The van der Waals surface area contributed by atoms with Gasteiger partial charge in [-0.1, -0.05) is 0 Å². The summed E-state index contributed by atoms with van der Waals surface area (Å²) in [5.41, 5.74) is 4.65. The average molecular weight is 450 g/mol. The van der Waals surface area contributed by atoms with E-state index in [1.54, 1.807) is 26.1 Å². The zero-order valence-electron chi connectivity index (χ0n) is 17.6. The van der Waals surface area contributed by atoms with Crippen molar-refractivity contribution in [3.63, 3.8) is 0 Å². The molecule has 0 saturated carbocycles. The summed E-state index contributed by atoms with van der Waals surface area (Å²) in [7, 11) is 0. The number of nitrogens with one attached hydrogen (secondary N) is 1. The van der Waals surface area contributed by atoms with Crippen molar-refractivity contribution in [1.82, 2.24) is 15.2 Å². The number of fused-ring (bicyclic) bond motifs is 1. The predicted molar refractivity (Wildman–Crippen MR) is 112 cm³/mol. The van der Waals surface area contributed by atoms with Crippen molar-refractivity contribution < 1.29 is 22.7 Å². The first-order valence-electron chi connectivity index (χ1n) is 9.85. The molecule has 4 rings (SSSR count). The van der Waals surface area contributed by atoms with E-state index in [0.717, 1.165) is 6.07 Å². The van der Waals surface area contributed by atoms with Crippen LogP contribution in [0.2, 0.25) is 0 Å². The summed E-state index contributed by atoms with van der Waals surface area (Å²) in [4.78, 5) is 6.29. The molecule has 3 heterocycles. The van der Waals surface area contributed by atoms with Crippen molar-refractivity contribution in [2.75, 3.05) is 23.3 Å². The van der Waals surface area contributed by atoms with Crippen LogP contribution in [0.25, 0.3) is 10.8 Å². The van der Waals surface area contributed by atoms with Gasteiger partial charge in [-0.05, 0) is 50.1 Å². The Balaban J connectivity index is 1.72. The second-order valence-electron chi connectivity index (χ2n) is 8.36. The topological polar surface area (TPSA) is 100 Å². The number of benzene rings is 1. The molecule has 170 valence electrons. The van der Waals surface area contributed by atoms with E-state index in [4.69, 9.17) is 5.73 Å². The van der Waals surface area contributed by atoms with Gasteiger partial charge in [0.25, 0.3) is 0 Å². The summed E-state index contributed by atoms with van der Waals surface area (Å²) in [6.45, 7) is 5.54. The lowest BCUT2D eigenvalue weighted by Gasteiger charge is -2.45. The summed E-state index contributed by atoms with van der Waals surface area (Å²) < 4.78 is 53.8. The molecule has 1 aromatic carbocycles. The molecule has 3 aromatic rings. The van der Waals surface area contributed by atoms with Crippen molar-refractivity contribution in [1.29, 1.82) is 0 Å². The fourth-order valence-electron chi connectivity index (χ4n) is 3.92. The first kappa shape index (κ1) is 22.2. The molecule has 0 bridgehead atoms. The third kappa shape index (κ3) is 4.05. The Kier molecular flexibility index (Phi) is 5.21. The molecule has 1 atom stereocenters. The summed E-state index contributed by atoms with van der Waals surface area (Å²) >= 11 is 0. The molecule has 1 fully saturated rings. The van der Waals surface area contributed by atoms with Gasteiger partial charge in [0.05, 0.1) is 16.9 Å². The van der Waals surface area contributed by atoms with Crippen LogP contribution >= 0.6 is 0 Å². The second-order valence-corrected chi connectivity index (χ2v) is 8.36. The Morgan fingerprint density at radius 3 is 2.47 bits per heavy atom. The Hall–Kier alpha value is -3.05. The highest BCUT2D eigenvalue weighted by molar-refractivity contribution is 5.94. The number of aryl methyl sites for hydroxylation is 1. The lowest BCUT2D eigenvalue weighted by atomic mass is 9.97. The van der Waals surface area contributed by atoms with Crippen LogP contribution in [0.3, 0.4) is 0 Å². The molecule has 1 aliphatic rings. The molecule has 7 nitrogen and oxygen atoms in total. The molecule has 2 aromatic heterocycles. The summed E-state index contributed by atoms with van der Waals surface area (Å²) in [6.07, 6.45) is -4.27. The molecule has 0 spiro atoms. The molecule has 1 aliphatic heterocycles. The standard InChI is InChI=1S/C21H22F4N6O/c1-10-13(4-12(22)5-16(10)21(23,24)25)18(26)28-19-14-6-17(31-8-20(3,32)9-31)27-7-15(14)11(2)29-30-19/h4-7,18,32H,8-9,26H2,1-3H3,(H,28,30)/t18-/m0/s1. The Bertz CT molecular complexity index is 1190. The zero-order valence-corrected chi connectivity index (χ0v) is 17.6. The maximum atomic E-state index is 13.9. The summed E-state index contributed by atoms with van der Waals surface area (Å²) in [5.74, 6) is -0.202. The van der Waals surface area contributed by atoms with Gasteiger partial charge >= 0.3 is 6.18 Å². The number of aliphatic hydroxyl groups is 1. The molecule has 32 heavy (non-hydrogen) atoms. The van der Waals surface area contributed by atoms with Gasteiger partial charge in [-0.15, -0.1) is 5.10 Å². The van der Waals surface area contributed by atoms with Gasteiger partial charge in [0.1, 0.15) is 17.8 Å². The quantitative estimate of drug-likeness (QED) is 0.414. The van der Waals surface area contributed by atoms with Gasteiger partial charge < -0.3 is 21.1 Å². The van der Waals surface area contributed by atoms with Crippen LogP contribution in [0, 0.1) is 19.7 Å². The lowest BCUT2D eigenvalue weighted by Crippen LogP contribution is -2.60. The molecular weight excluding hydrogens is 428 g/mol. The Morgan fingerprint density at radius 1 is 1.16 bits per heavy atom. The van der Waals surface area contributed by atoms with Gasteiger partial charge in [0.15, 0.2) is 5.82 Å². The summed E-state index contributed by atoms with van der Waals surface area (Å²) in [5, 5.41) is 22.3. The first-order chi connectivity index (χ1) is 14.9. The molecule has 4 N–H and O–H groups in total. The number of pyridine rings is 1. The number of rotatable bonds is 4. The molecule has 0 unspecified atom stereocenters. The van der Waals surface area contributed by atoms with Gasteiger partial charge in [0.2, 0.25) is 0 Å². The Morgan fingerprint density at radius 2 is 1.84 bits per heavy atom. The number of anilines is 2. The van der Waals surface area contributed by atoms with E-state index in [1.807, 2.05) is 4.90 Å². The summed E-state index contributed by atoms with van der Waals surface area (Å²) in [6, 6.07) is 3.18. The molecular formula is C21H22F4N6O. The maximum absolute atomic E-state index is 13.9. The maximum Gasteiger partial charge on any atom is 0.416 e. The van der Waals surface area contributed by atoms with Crippen LogP contribution in [-0.2, 0) is 6.18 Å². The number of β-amino-alcohol motifs (C(OH)–C–C–N with tert-alkyl or cyclic N) is 1. The van der Waals surface area contributed by atoms with E-state index in [1.165, 1.54) is 6.92 Å². The largest absolute Gasteiger partial charge is 0.416 e. The number of aromatic nitrogens is 3. The normalized spacial score (nSPS) is 16.7. The smallest absolute Gasteiger partial charge is 0.386 e. The van der Waals surface area contributed by atoms with E-state index in [2.05, 4.69) is 20.5 Å². The van der Waals surface area contributed by atoms with Crippen LogP contribution in [0.5, 0.6) is 0 Å². The van der Waals surface area contributed by atoms with Crippen molar-refractivity contribution in [3.8, 4) is 0 Å². The minimum Gasteiger partial charge on any atom is -0.386 e. The van der Waals surface area contributed by atoms with E-state index in [0.29, 0.717) is 41.4 Å². The van der Waals surface area contributed by atoms with Gasteiger partial charge in [-0.25, -0.2) is 9.37 Å². The van der Waals surface area contributed by atoms with Gasteiger partial charge in [0, 0.05) is 30.1 Å². The zero-order chi connectivity index (χ0) is 23.4. The molecule has 11 heteroatoms. The SMILES string of the molecule is Cc1c([C@@H](N)Nc2nnc(C)c3cnc(N4CC(C)(O)C4)cc23)cc(F)cc1C(F)(F)F. The van der Waals surface area contributed by atoms with Crippen LogP contribution < -0.4 is 16.0 Å². The fourth-order valence-corrected chi connectivity index (χ4v) is 3.92. The third-order valence-corrected chi connectivity index (χ3v) is 5.57. The fraction of sp³-hybridized carbons (Fsp3) is 0.381. The van der Waals surface area contributed by atoms with E-state index in [-0.39, 0.29) is 16.9 Å². The highest BCUT2D eigenvalue weighted by Crippen LogP contribution is 2.36. The number of halogens is 4. The van der Waals surface area contributed by atoms with Crippen molar-refractivity contribution in [3.05, 3.63) is 52.6 Å².